The Morgan fingerprint density at radius 1 is 0.282 bits per heavy atom. The van der Waals surface area contributed by atoms with E-state index in [1.165, 1.54) is 370 Å². The van der Waals surface area contributed by atoms with Crippen molar-refractivity contribution in [3.8, 4) is 19.5 Å². The van der Waals surface area contributed by atoms with Gasteiger partial charge in [-0.2, -0.15) is 0 Å². The molecule has 15 heteroatoms. The molecular weight excluding hydrogens is 1680 g/mol. The van der Waals surface area contributed by atoms with E-state index in [2.05, 4.69) is 183 Å². The van der Waals surface area contributed by atoms with Gasteiger partial charge < -0.3 is 14.9 Å². The van der Waals surface area contributed by atoms with E-state index >= 15 is 0 Å². The first-order valence-corrected chi connectivity index (χ1v) is 51.9. The summed E-state index contributed by atoms with van der Waals surface area (Å²) < 4.78 is 22.4. The summed E-state index contributed by atoms with van der Waals surface area (Å²) in [6, 6.07) is 9.12. The van der Waals surface area contributed by atoms with Gasteiger partial charge in [-0.1, -0.05) is 311 Å². The molecule has 0 fully saturated rings. The van der Waals surface area contributed by atoms with Crippen molar-refractivity contribution in [1.29, 1.82) is 0 Å². The maximum atomic E-state index is 5.93. The Hall–Kier alpha value is -0.400. The standard InChI is InChI=1S/C54H86N2S4.C20H43N.C14H4Br4S4/c1-5-9-13-17-21-23-27-31-35-43(33-29-25-19-15-11-7-3)41-55-45-37-39-57-49(45)51-47(55)53-54(59-51)48-52(60-53)50-46(38-40-58-50)56(48)42-44(34-30-26-20-16-12-8-4)36-32-28-24-22-18-14-10-6-2;1-3-5-7-9-11-12-14-16-18-20(19-21)17-15-13-10-8-6-4-2;15-5-1-3-19-9(5)11-7(17)13-14(21-11)8(18)12(22-13)10-6(16)2-4-20-10/h37-40,43-44H,5-36,41-42H2,1-4H3;20H,3-19,21H2,1-2H3;1-4H. The third kappa shape index (κ3) is 27.5. The Labute approximate surface area is 691 Å². The highest BCUT2D eigenvalue weighted by Crippen LogP contribution is 2.56. The van der Waals surface area contributed by atoms with E-state index in [1.54, 1.807) is 61.9 Å². The lowest BCUT2D eigenvalue weighted by molar-refractivity contribution is 0.364. The van der Waals surface area contributed by atoms with Crippen molar-refractivity contribution < 1.29 is 0 Å². The molecule has 0 aliphatic rings. The van der Waals surface area contributed by atoms with Crippen molar-refractivity contribution in [2.75, 3.05) is 6.54 Å². The van der Waals surface area contributed by atoms with Crippen LogP contribution >= 0.6 is 154 Å². The number of halogens is 4. The molecule has 10 aromatic rings. The number of hydrogen-bond donors (Lipinski definition) is 1. The highest BCUT2D eigenvalue weighted by atomic mass is 79.9. The molecule has 0 spiro atoms. The fourth-order valence-corrected chi connectivity index (χ4v) is 29.2. The van der Waals surface area contributed by atoms with Gasteiger partial charge in [0.15, 0.2) is 0 Å². The van der Waals surface area contributed by atoms with E-state index < -0.39 is 0 Å². The smallest absolute Gasteiger partial charge is 0.0792 e. The van der Waals surface area contributed by atoms with Gasteiger partial charge in [-0.3, -0.25) is 0 Å². The number of rotatable bonds is 55. The number of thiophene rings is 8. The van der Waals surface area contributed by atoms with Gasteiger partial charge in [-0.25, -0.2) is 0 Å². The molecule has 0 radical (unpaired) electrons. The van der Waals surface area contributed by atoms with E-state index in [1.807, 2.05) is 45.3 Å². The summed E-state index contributed by atoms with van der Waals surface area (Å²) >= 11 is 30.4. The highest BCUT2D eigenvalue weighted by molar-refractivity contribution is 9.11. The number of unbranched alkanes of at least 4 members (excludes halogenated alkanes) is 36. The normalized spacial score (nSPS) is 12.9. The van der Waals surface area contributed by atoms with Gasteiger partial charge in [0.2, 0.25) is 0 Å². The Balaban J connectivity index is 0.000000252. The van der Waals surface area contributed by atoms with E-state index in [-0.39, 0.29) is 0 Å². The van der Waals surface area contributed by atoms with Crippen LogP contribution in [0.25, 0.3) is 79.2 Å². The Morgan fingerprint density at radius 2 is 0.534 bits per heavy atom. The molecule has 10 rings (SSSR count). The zero-order valence-corrected chi connectivity index (χ0v) is 77.5. The molecule has 0 aromatic carbocycles. The molecule has 10 aromatic heterocycles. The maximum absolute atomic E-state index is 5.93. The molecular formula is C88H133Br4N3S8. The molecule has 3 nitrogen and oxygen atoms in total. The lowest BCUT2D eigenvalue weighted by atomic mass is 9.93. The Bertz CT molecular complexity index is 3610. The van der Waals surface area contributed by atoms with Crippen molar-refractivity contribution in [3.63, 3.8) is 0 Å². The molecule has 0 aliphatic heterocycles. The maximum Gasteiger partial charge on any atom is 0.0792 e. The molecule has 0 aliphatic carbocycles. The molecule has 3 atom stereocenters. The van der Waals surface area contributed by atoms with Crippen LogP contribution in [-0.4, -0.2) is 15.7 Å². The molecule has 0 saturated heterocycles. The minimum Gasteiger partial charge on any atom is -0.338 e. The molecule has 3 unspecified atom stereocenters. The second kappa shape index (κ2) is 51.3. The van der Waals surface area contributed by atoms with Gasteiger partial charge in [-0.15, -0.1) is 90.7 Å². The molecule has 0 amide bonds. The monoisotopic (exact) mass is 1800 g/mol. The van der Waals surface area contributed by atoms with E-state index in [0.29, 0.717) is 0 Å². The summed E-state index contributed by atoms with van der Waals surface area (Å²) in [6.45, 7) is 17.2. The SMILES string of the molecule is Brc1ccsc1-c1sc2c(Br)c(-c3sccc3Br)sc2c1Br.CCCCCCCCCCC(CCCCCCCC)Cn1c2ccsc2c2sc3c(sc4c5sccc5n(CC(CCCCCCCC)CCCCCCCCCC)c43)c21.CCCCCCCCCCC(CN)CCCCCCCC. The molecule has 0 saturated carbocycles. The second-order valence-corrected chi connectivity index (χ2v) is 41.4. The van der Waals surface area contributed by atoms with Gasteiger partial charge in [0, 0.05) is 22.0 Å². The first-order chi connectivity index (χ1) is 50.6. The number of fused-ring (bicyclic) bond motifs is 10. The highest BCUT2D eigenvalue weighted by Gasteiger charge is 2.28. The van der Waals surface area contributed by atoms with Crippen molar-refractivity contribution in [1.82, 2.24) is 9.13 Å². The lowest BCUT2D eigenvalue weighted by Crippen LogP contribution is -2.14. The predicted octanol–water partition coefficient (Wildman–Crippen LogP) is 37.4. The largest absolute Gasteiger partial charge is 0.338 e. The lowest BCUT2D eigenvalue weighted by Gasteiger charge is -2.19. The zero-order valence-electron chi connectivity index (χ0n) is 64.7. The third-order valence-corrected chi connectivity index (χ3v) is 35.7. The summed E-state index contributed by atoms with van der Waals surface area (Å²) in [5.41, 5.74) is 12.1. The van der Waals surface area contributed by atoms with Crippen LogP contribution in [0.1, 0.15) is 350 Å². The first-order valence-electron chi connectivity index (χ1n) is 42.0. The van der Waals surface area contributed by atoms with E-state index in [0.717, 1.165) is 33.2 Å². The summed E-state index contributed by atoms with van der Waals surface area (Å²) in [7, 11) is 0. The van der Waals surface area contributed by atoms with E-state index in [4.69, 9.17) is 5.73 Å². The number of hydrogen-bond acceptors (Lipinski definition) is 9. The quantitative estimate of drug-likeness (QED) is 0.0379. The van der Waals surface area contributed by atoms with E-state index in [9.17, 15) is 0 Å². The van der Waals surface area contributed by atoms with Crippen LogP contribution in [0.15, 0.2) is 63.7 Å². The summed E-state index contributed by atoms with van der Waals surface area (Å²) in [5, 5.41) is 8.98. The first kappa shape index (κ1) is 88.2. The van der Waals surface area contributed by atoms with Crippen molar-refractivity contribution in [2.45, 2.75) is 363 Å². The van der Waals surface area contributed by atoms with Gasteiger partial charge >= 0.3 is 0 Å². The number of aromatic nitrogens is 2. The van der Waals surface area contributed by atoms with Gasteiger partial charge in [-0.05, 0) is 172 Å². The summed E-state index contributed by atoms with van der Waals surface area (Å²) in [4.78, 5) is 5.15. The Morgan fingerprint density at radius 3 is 0.796 bits per heavy atom. The predicted molar refractivity (Wildman–Crippen MR) is 494 cm³/mol. The van der Waals surface area contributed by atoms with Crippen molar-refractivity contribution in [2.24, 2.45) is 23.5 Å². The van der Waals surface area contributed by atoms with Crippen molar-refractivity contribution in [3.05, 3.63) is 63.7 Å². The molecule has 576 valence electrons. The topological polar surface area (TPSA) is 35.9 Å². The average Bonchev–Trinajstić information content (AvgIpc) is 1.53. The third-order valence-electron chi connectivity index (χ3n) is 21.9. The summed E-state index contributed by atoms with van der Waals surface area (Å²) in [6.07, 6.45) is 67.7. The summed E-state index contributed by atoms with van der Waals surface area (Å²) in [5.74, 6) is 2.35. The zero-order chi connectivity index (χ0) is 72.8. The minimum absolute atomic E-state index is 0.774. The van der Waals surface area contributed by atoms with Crippen LogP contribution in [-0.2, 0) is 13.1 Å². The number of nitrogens with zero attached hydrogens (tertiary/aromatic N) is 2. The van der Waals surface area contributed by atoms with Crippen LogP contribution < -0.4 is 5.73 Å². The number of nitrogens with two attached hydrogens (primary N) is 1. The van der Waals surface area contributed by atoms with Crippen LogP contribution in [0, 0.1) is 17.8 Å². The van der Waals surface area contributed by atoms with Crippen LogP contribution in [0.4, 0.5) is 0 Å². The molecule has 0 bridgehead atoms. The van der Waals surface area contributed by atoms with Gasteiger partial charge in [0.05, 0.1) is 88.1 Å². The van der Waals surface area contributed by atoms with Gasteiger partial charge in [0.1, 0.15) is 0 Å². The molecule has 103 heavy (non-hydrogen) atoms. The fraction of sp³-hybridized carbons (Fsp3) is 0.682. The molecule has 10 heterocycles. The minimum atomic E-state index is 0.774. The average molecular weight is 1810 g/mol. The Kier molecular flexibility index (Phi) is 43.9. The second-order valence-electron chi connectivity index (χ2n) is 30.3. The van der Waals surface area contributed by atoms with Crippen molar-refractivity contribution >= 4 is 214 Å². The molecule has 2 N–H and O–H groups in total. The van der Waals surface area contributed by atoms with Gasteiger partial charge in [0.25, 0.3) is 0 Å². The van der Waals surface area contributed by atoms with Crippen LogP contribution in [0.5, 0.6) is 0 Å². The fourth-order valence-electron chi connectivity index (χ4n) is 15.7. The van der Waals surface area contributed by atoms with Crippen LogP contribution in [0.2, 0.25) is 0 Å². The van der Waals surface area contributed by atoms with Crippen LogP contribution in [0.3, 0.4) is 0 Å².